The van der Waals surface area contributed by atoms with Crippen LogP contribution < -0.4 is 4.90 Å². The van der Waals surface area contributed by atoms with E-state index in [4.69, 9.17) is 0 Å². The van der Waals surface area contributed by atoms with Crippen LogP contribution in [0.15, 0.2) is 22.7 Å². The Labute approximate surface area is 117 Å². The molecule has 2 aliphatic carbocycles. The van der Waals surface area contributed by atoms with Crippen LogP contribution in [0.2, 0.25) is 0 Å². The van der Waals surface area contributed by atoms with E-state index >= 15 is 0 Å². The maximum atomic E-state index is 9.62. The highest BCUT2D eigenvalue weighted by molar-refractivity contribution is 9.10. The first-order chi connectivity index (χ1) is 8.65. The molecule has 3 heteroatoms. The van der Waals surface area contributed by atoms with Crippen molar-refractivity contribution < 1.29 is 5.11 Å². The fourth-order valence-electron chi connectivity index (χ4n) is 2.42. The minimum atomic E-state index is -0.395. The van der Waals surface area contributed by atoms with Crippen molar-refractivity contribution in [1.82, 2.24) is 0 Å². The normalized spacial score (nSPS) is 20.8. The molecule has 0 aliphatic heterocycles. The predicted molar refractivity (Wildman–Crippen MR) is 77.9 cm³/mol. The van der Waals surface area contributed by atoms with Crippen molar-refractivity contribution in [2.75, 3.05) is 11.4 Å². The standard InChI is InChI=1S/C15H20BrNO/c1-10(18)12-4-7-15(14(16)8-12)17(13-5-6-13)9-11-2-3-11/h4,7-8,10-11,13,18H,2-3,5-6,9H2,1H3. The minimum Gasteiger partial charge on any atom is -0.389 e. The molecule has 0 saturated heterocycles. The topological polar surface area (TPSA) is 23.5 Å². The van der Waals surface area contributed by atoms with Gasteiger partial charge in [-0.05, 0) is 72.2 Å². The summed E-state index contributed by atoms with van der Waals surface area (Å²) in [7, 11) is 0. The van der Waals surface area contributed by atoms with Crippen LogP contribution in [0.1, 0.15) is 44.3 Å². The van der Waals surface area contributed by atoms with Gasteiger partial charge in [-0.25, -0.2) is 0 Å². The molecule has 1 unspecified atom stereocenters. The van der Waals surface area contributed by atoms with Crippen LogP contribution in [0.5, 0.6) is 0 Å². The van der Waals surface area contributed by atoms with Crippen LogP contribution >= 0.6 is 15.9 Å². The largest absolute Gasteiger partial charge is 0.389 e. The zero-order valence-electron chi connectivity index (χ0n) is 10.8. The number of hydrogen-bond donors (Lipinski definition) is 1. The number of anilines is 1. The Kier molecular flexibility index (Phi) is 3.37. The molecule has 0 spiro atoms. The number of aliphatic hydroxyl groups is 1. The Balaban J connectivity index is 1.83. The summed E-state index contributed by atoms with van der Waals surface area (Å²) in [6, 6.07) is 7.02. The van der Waals surface area contributed by atoms with E-state index in [1.807, 2.05) is 13.0 Å². The summed E-state index contributed by atoms with van der Waals surface area (Å²) in [5, 5.41) is 9.62. The van der Waals surface area contributed by atoms with E-state index in [1.54, 1.807) is 0 Å². The number of halogens is 1. The third kappa shape index (κ3) is 2.72. The van der Waals surface area contributed by atoms with Gasteiger partial charge >= 0.3 is 0 Å². The van der Waals surface area contributed by atoms with Gasteiger partial charge in [0.1, 0.15) is 0 Å². The van der Waals surface area contributed by atoms with E-state index in [9.17, 15) is 5.11 Å². The van der Waals surface area contributed by atoms with Gasteiger partial charge < -0.3 is 10.0 Å². The summed E-state index contributed by atoms with van der Waals surface area (Å²) in [4.78, 5) is 2.56. The predicted octanol–water partition coefficient (Wildman–Crippen LogP) is 3.88. The Morgan fingerprint density at radius 3 is 2.56 bits per heavy atom. The molecule has 0 aromatic heterocycles. The van der Waals surface area contributed by atoms with E-state index in [2.05, 4.69) is 33.0 Å². The van der Waals surface area contributed by atoms with Gasteiger partial charge in [0.2, 0.25) is 0 Å². The van der Waals surface area contributed by atoms with Gasteiger partial charge in [0.25, 0.3) is 0 Å². The maximum Gasteiger partial charge on any atom is 0.0762 e. The van der Waals surface area contributed by atoms with E-state index in [0.29, 0.717) is 0 Å². The van der Waals surface area contributed by atoms with E-state index < -0.39 is 6.10 Å². The van der Waals surface area contributed by atoms with E-state index in [1.165, 1.54) is 37.9 Å². The molecule has 3 rings (SSSR count). The van der Waals surface area contributed by atoms with E-state index in [-0.39, 0.29) is 0 Å². The second kappa shape index (κ2) is 4.86. The number of nitrogens with zero attached hydrogens (tertiary/aromatic N) is 1. The summed E-state index contributed by atoms with van der Waals surface area (Å²) >= 11 is 3.67. The summed E-state index contributed by atoms with van der Waals surface area (Å²) in [6.45, 7) is 3.02. The van der Waals surface area contributed by atoms with Crippen molar-refractivity contribution in [3.8, 4) is 0 Å². The highest BCUT2D eigenvalue weighted by Gasteiger charge is 2.34. The molecule has 2 fully saturated rings. The first-order valence-electron chi connectivity index (χ1n) is 6.89. The average molecular weight is 310 g/mol. The molecule has 2 saturated carbocycles. The SMILES string of the molecule is CC(O)c1ccc(N(CC2CC2)C2CC2)c(Br)c1. The first-order valence-corrected chi connectivity index (χ1v) is 7.68. The average Bonchev–Trinajstić information content (AvgIpc) is 3.19. The van der Waals surface area contributed by atoms with Crippen molar-refractivity contribution in [2.24, 2.45) is 5.92 Å². The Morgan fingerprint density at radius 2 is 2.06 bits per heavy atom. The molecule has 2 nitrogen and oxygen atoms in total. The molecule has 18 heavy (non-hydrogen) atoms. The Morgan fingerprint density at radius 1 is 1.33 bits per heavy atom. The molecule has 1 aromatic carbocycles. The Hall–Kier alpha value is -0.540. The second-order valence-corrected chi connectivity index (χ2v) is 6.57. The van der Waals surface area contributed by atoms with Crippen molar-refractivity contribution >= 4 is 21.6 Å². The number of rotatable bonds is 5. The molecular formula is C15H20BrNO. The number of hydrogen-bond acceptors (Lipinski definition) is 2. The third-order valence-corrected chi connectivity index (χ3v) is 4.54. The van der Waals surface area contributed by atoms with Crippen LogP contribution in [-0.4, -0.2) is 17.7 Å². The third-order valence-electron chi connectivity index (χ3n) is 3.90. The van der Waals surface area contributed by atoms with Gasteiger partial charge in [-0.15, -0.1) is 0 Å². The Bertz CT molecular complexity index is 438. The van der Waals surface area contributed by atoms with Crippen molar-refractivity contribution in [3.63, 3.8) is 0 Å². The van der Waals surface area contributed by atoms with Gasteiger partial charge in [-0.3, -0.25) is 0 Å². The van der Waals surface area contributed by atoms with E-state index in [0.717, 1.165) is 22.0 Å². The molecular weight excluding hydrogens is 290 g/mol. The fraction of sp³-hybridized carbons (Fsp3) is 0.600. The zero-order chi connectivity index (χ0) is 12.7. The van der Waals surface area contributed by atoms with Gasteiger partial charge in [-0.1, -0.05) is 6.07 Å². The zero-order valence-corrected chi connectivity index (χ0v) is 12.4. The van der Waals surface area contributed by atoms with Gasteiger partial charge in [0.05, 0.1) is 11.8 Å². The first kappa shape index (κ1) is 12.5. The smallest absolute Gasteiger partial charge is 0.0762 e. The lowest BCUT2D eigenvalue weighted by molar-refractivity contribution is 0.199. The quantitative estimate of drug-likeness (QED) is 0.892. The minimum absolute atomic E-state index is 0.395. The highest BCUT2D eigenvalue weighted by atomic mass is 79.9. The molecule has 1 atom stereocenters. The molecule has 1 aromatic rings. The fourth-order valence-corrected chi connectivity index (χ4v) is 3.05. The number of benzene rings is 1. The molecule has 98 valence electrons. The van der Waals surface area contributed by atoms with Crippen LogP contribution in [0.4, 0.5) is 5.69 Å². The van der Waals surface area contributed by atoms with Crippen molar-refractivity contribution in [2.45, 2.75) is 44.8 Å². The van der Waals surface area contributed by atoms with Crippen LogP contribution in [0.3, 0.4) is 0 Å². The molecule has 0 radical (unpaired) electrons. The maximum absolute atomic E-state index is 9.62. The lowest BCUT2D eigenvalue weighted by Crippen LogP contribution is -2.28. The number of aliphatic hydroxyl groups excluding tert-OH is 1. The second-order valence-electron chi connectivity index (χ2n) is 5.71. The van der Waals surface area contributed by atoms with Crippen LogP contribution in [0, 0.1) is 5.92 Å². The molecule has 0 heterocycles. The molecule has 0 amide bonds. The lowest BCUT2D eigenvalue weighted by Gasteiger charge is -2.26. The van der Waals surface area contributed by atoms with Crippen molar-refractivity contribution in [1.29, 1.82) is 0 Å². The summed E-state index contributed by atoms with van der Waals surface area (Å²) in [6.07, 6.45) is 5.06. The molecule has 1 N–H and O–H groups in total. The lowest BCUT2D eigenvalue weighted by atomic mass is 10.1. The summed E-state index contributed by atoms with van der Waals surface area (Å²) in [5.74, 6) is 0.911. The summed E-state index contributed by atoms with van der Waals surface area (Å²) in [5.41, 5.74) is 2.28. The van der Waals surface area contributed by atoms with Gasteiger partial charge in [0.15, 0.2) is 0 Å². The van der Waals surface area contributed by atoms with Crippen LogP contribution in [0.25, 0.3) is 0 Å². The van der Waals surface area contributed by atoms with Gasteiger partial charge in [-0.2, -0.15) is 0 Å². The molecule has 0 bridgehead atoms. The summed E-state index contributed by atoms with van der Waals surface area (Å²) < 4.78 is 1.12. The van der Waals surface area contributed by atoms with Crippen molar-refractivity contribution in [3.05, 3.63) is 28.2 Å². The molecule has 2 aliphatic rings. The van der Waals surface area contributed by atoms with Crippen LogP contribution in [-0.2, 0) is 0 Å². The highest BCUT2D eigenvalue weighted by Crippen LogP contribution is 2.40. The monoisotopic (exact) mass is 309 g/mol. The van der Waals surface area contributed by atoms with Gasteiger partial charge in [0, 0.05) is 17.1 Å².